The van der Waals surface area contributed by atoms with E-state index in [0.717, 1.165) is 22.6 Å². The number of halogens is 2. The van der Waals surface area contributed by atoms with Crippen LogP contribution in [0.2, 0.25) is 0 Å². The molecule has 0 atom stereocenters. The molecule has 0 spiro atoms. The molecule has 0 N–H and O–H groups in total. The molecular weight excluding hydrogens is 320 g/mol. The number of thiophene rings is 1. The van der Waals surface area contributed by atoms with Crippen LogP contribution in [0.5, 0.6) is 0 Å². The fraction of sp³-hybridized carbons (Fsp3) is 0.118. The summed E-state index contributed by atoms with van der Waals surface area (Å²) in [5.41, 5.74) is 0.946. The van der Waals surface area contributed by atoms with Crippen LogP contribution < -0.4 is 0 Å². The number of benzene rings is 1. The second-order valence-corrected chi connectivity index (χ2v) is 6.03. The third-order valence-electron chi connectivity index (χ3n) is 3.33. The molecule has 6 heteroatoms. The van der Waals surface area contributed by atoms with Crippen molar-refractivity contribution in [2.24, 2.45) is 0 Å². The van der Waals surface area contributed by atoms with Crippen molar-refractivity contribution in [3.8, 4) is 0 Å². The monoisotopic (exact) mass is 333 g/mol. The van der Waals surface area contributed by atoms with Gasteiger partial charge in [-0.15, -0.1) is 11.3 Å². The third-order valence-corrected chi connectivity index (χ3v) is 4.20. The van der Waals surface area contributed by atoms with E-state index < -0.39 is 11.6 Å². The van der Waals surface area contributed by atoms with Gasteiger partial charge >= 0.3 is 0 Å². The summed E-state index contributed by atoms with van der Waals surface area (Å²) in [6.07, 6.45) is 3.08. The van der Waals surface area contributed by atoms with Crippen LogP contribution in [0, 0.1) is 11.6 Å². The molecule has 1 aromatic carbocycles. The van der Waals surface area contributed by atoms with Gasteiger partial charge in [-0.3, -0.25) is 4.79 Å². The van der Waals surface area contributed by atoms with Crippen LogP contribution in [0.4, 0.5) is 8.78 Å². The van der Waals surface area contributed by atoms with Gasteiger partial charge in [0.1, 0.15) is 0 Å². The van der Waals surface area contributed by atoms with E-state index in [-0.39, 0.29) is 11.5 Å². The lowest BCUT2D eigenvalue weighted by atomic mass is 10.1. The van der Waals surface area contributed by atoms with E-state index in [2.05, 4.69) is 0 Å². The van der Waals surface area contributed by atoms with Crippen LogP contribution in [0.25, 0.3) is 0 Å². The minimum atomic E-state index is -1.03. The van der Waals surface area contributed by atoms with E-state index in [9.17, 15) is 13.6 Å². The first-order valence-electron chi connectivity index (χ1n) is 6.91. The lowest BCUT2D eigenvalue weighted by molar-refractivity contribution is 0.0731. The molecule has 3 nitrogen and oxygen atoms in total. The summed E-state index contributed by atoms with van der Waals surface area (Å²) >= 11 is 1.53. The largest absolute Gasteiger partial charge is 0.472 e. The zero-order chi connectivity index (χ0) is 16.2. The second-order valence-electron chi connectivity index (χ2n) is 5.00. The highest BCUT2D eigenvalue weighted by atomic mass is 32.1. The van der Waals surface area contributed by atoms with Gasteiger partial charge in [0.05, 0.1) is 19.1 Å². The van der Waals surface area contributed by atoms with Gasteiger partial charge in [-0.05, 0) is 35.7 Å². The van der Waals surface area contributed by atoms with Gasteiger partial charge < -0.3 is 9.32 Å². The Kier molecular flexibility index (Phi) is 4.52. The first kappa shape index (κ1) is 15.4. The molecule has 0 saturated heterocycles. The van der Waals surface area contributed by atoms with Gasteiger partial charge in [-0.25, -0.2) is 8.78 Å². The molecule has 0 saturated carbocycles. The Morgan fingerprint density at radius 3 is 2.65 bits per heavy atom. The minimum Gasteiger partial charge on any atom is -0.472 e. The Morgan fingerprint density at radius 1 is 1.13 bits per heavy atom. The maximum absolute atomic E-state index is 13.4. The Bertz CT molecular complexity index is 749. The number of hydrogen-bond acceptors (Lipinski definition) is 3. The summed E-state index contributed by atoms with van der Waals surface area (Å²) < 4.78 is 31.5. The Balaban J connectivity index is 1.86. The number of nitrogens with zero attached hydrogens (tertiary/aromatic N) is 1. The Labute approximate surface area is 135 Å². The van der Waals surface area contributed by atoms with Crippen LogP contribution in [0.3, 0.4) is 0 Å². The van der Waals surface area contributed by atoms with E-state index in [1.165, 1.54) is 23.7 Å². The van der Waals surface area contributed by atoms with E-state index >= 15 is 0 Å². The molecule has 118 valence electrons. The Morgan fingerprint density at radius 2 is 2.00 bits per heavy atom. The van der Waals surface area contributed by atoms with Crippen molar-refractivity contribution in [1.29, 1.82) is 0 Å². The SMILES string of the molecule is O=C(c1ccc(F)c(F)c1)N(Cc1ccoc1)Cc1cccs1. The summed E-state index contributed by atoms with van der Waals surface area (Å²) in [6, 6.07) is 8.76. The summed E-state index contributed by atoms with van der Waals surface area (Å²) in [7, 11) is 0. The molecule has 23 heavy (non-hydrogen) atoms. The lowest BCUT2D eigenvalue weighted by Gasteiger charge is -2.21. The molecule has 0 fully saturated rings. The van der Waals surface area contributed by atoms with Gasteiger partial charge in [0.2, 0.25) is 0 Å². The fourth-order valence-electron chi connectivity index (χ4n) is 2.20. The van der Waals surface area contributed by atoms with Crippen molar-refractivity contribution >= 4 is 17.2 Å². The maximum Gasteiger partial charge on any atom is 0.254 e. The van der Waals surface area contributed by atoms with Crippen molar-refractivity contribution in [2.45, 2.75) is 13.1 Å². The van der Waals surface area contributed by atoms with Crippen molar-refractivity contribution < 1.29 is 18.0 Å². The number of carbonyl (C=O) groups is 1. The molecule has 2 aromatic heterocycles. The average Bonchev–Trinajstić information content (AvgIpc) is 3.22. The predicted molar refractivity (Wildman–Crippen MR) is 83.0 cm³/mol. The molecule has 0 bridgehead atoms. The number of amides is 1. The first-order valence-corrected chi connectivity index (χ1v) is 7.79. The lowest BCUT2D eigenvalue weighted by Crippen LogP contribution is -2.29. The highest BCUT2D eigenvalue weighted by molar-refractivity contribution is 7.09. The molecule has 3 aromatic rings. The van der Waals surface area contributed by atoms with Crippen LogP contribution in [-0.4, -0.2) is 10.8 Å². The standard InChI is InChI=1S/C17H13F2NO2S/c18-15-4-3-13(8-16(15)19)17(21)20(9-12-5-6-22-11-12)10-14-2-1-7-23-14/h1-8,11H,9-10H2. The number of carbonyl (C=O) groups excluding carboxylic acids is 1. The number of hydrogen-bond donors (Lipinski definition) is 0. The minimum absolute atomic E-state index is 0.115. The van der Waals surface area contributed by atoms with Crippen molar-refractivity contribution in [3.05, 3.63) is 81.9 Å². The van der Waals surface area contributed by atoms with E-state index in [4.69, 9.17) is 4.42 Å². The second kappa shape index (κ2) is 6.75. The smallest absolute Gasteiger partial charge is 0.254 e. The van der Waals surface area contributed by atoms with E-state index in [1.54, 1.807) is 17.2 Å². The molecule has 0 aliphatic rings. The average molecular weight is 333 g/mol. The van der Waals surface area contributed by atoms with Crippen LogP contribution in [0.1, 0.15) is 20.8 Å². The Hall–Kier alpha value is -2.47. The maximum atomic E-state index is 13.4. The van der Waals surface area contributed by atoms with Crippen molar-refractivity contribution in [2.75, 3.05) is 0 Å². The first-order chi connectivity index (χ1) is 11.1. The van der Waals surface area contributed by atoms with Crippen LogP contribution in [0.15, 0.2) is 58.7 Å². The summed E-state index contributed by atoms with van der Waals surface area (Å²) in [5.74, 6) is -2.37. The van der Waals surface area contributed by atoms with Crippen LogP contribution >= 0.6 is 11.3 Å². The fourth-order valence-corrected chi connectivity index (χ4v) is 2.92. The number of furan rings is 1. The van der Waals surface area contributed by atoms with Gasteiger partial charge in [0.15, 0.2) is 11.6 Å². The van der Waals surface area contributed by atoms with Crippen LogP contribution in [-0.2, 0) is 13.1 Å². The molecule has 0 radical (unpaired) electrons. The van der Waals surface area contributed by atoms with Gasteiger partial charge in [0, 0.05) is 22.5 Å². The molecule has 1 amide bonds. The highest BCUT2D eigenvalue weighted by Crippen LogP contribution is 2.18. The summed E-state index contributed by atoms with van der Waals surface area (Å²) in [4.78, 5) is 15.2. The zero-order valence-corrected chi connectivity index (χ0v) is 12.9. The molecular formula is C17H13F2NO2S. The van der Waals surface area contributed by atoms with Gasteiger partial charge in [0.25, 0.3) is 5.91 Å². The van der Waals surface area contributed by atoms with Crippen molar-refractivity contribution in [3.63, 3.8) is 0 Å². The highest BCUT2D eigenvalue weighted by Gasteiger charge is 2.19. The third kappa shape index (κ3) is 3.65. The summed E-state index contributed by atoms with van der Waals surface area (Å²) in [5, 5.41) is 1.92. The zero-order valence-electron chi connectivity index (χ0n) is 12.0. The predicted octanol–water partition coefficient (Wildman–Crippen LogP) is 4.46. The van der Waals surface area contributed by atoms with Gasteiger partial charge in [-0.1, -0.05) is 6.07 Å². The topological polar surface area (TPSA) is 33.5 Å². The molecule has 0 unspecified atom stereocenters. The summed E-state index contributed by atoms with van der Waals surface area (Å²) in [6.45, 7) is 0.715. The molecule has 2 heterocycles. The normalized spacial score (nSPS) is 10.7. The molecule has 0 aliphatic carbocycles. The van der Waals surface area contributed by atoms with E-state index in [0.29, 0.717) is 13.1 Å². The molecule has 0 aliphatic heterocycles. The number of rotatable bonds is 5. The quantitative estimate of drug-likeness (QED) is 0.690. The molecule has 3 rings (SSSR count). The van der Waals surface area contributed by atoms with Gasteiger partial charge in [-0.2, -0.15) is 0 Å². The van der Waals surface area contributed by atoms with Crippen molar-refractivity contribution in [1.82, 2.24) is 4.90 Å². The van der Waals surface area contributed by atoms with E-state index in [1.807, 2.05) is 17.5 Å².